The Labute approximate surface area is 123 Å². The fraction of sp³-hybridized carbons (Fsp3) is 0.462. The summed E-state index contributed by atoms with van der Waals surface area (Å²) in [6.07, 6.45) is 2.16. The summed E-state index contributed by atoms with van der Waals surface area (Å²) in [5.41, 5.74) is 0.966. The molecule has 1 unspecified atom stereocenters. The number of carboxylic acid groups (broad SMARTS) is 1. The second kappa shape index (κ2) is 7.66. The zero-order chi connectivity index (χ0) is 15.2. The van der Waals surface area contributed by atoms with Gasteiger partial charge < -0.3 is 5.11 Å². The first-order valence-electron chi connectivity index (χ1n) is 6.15. The van der Waals surface area contributed by atoms with E-state index in [1.54, 1.807) is 23.9 Å². The molecule has 0 aliphatic rings. The van der Waals surface area contributed by atoms with Crippen LogP contribution in [-0.2, 0) is 14.8 Å². The third-order valence-corrected chi connectivity index (χ3v) is 4.92. The molecule has 0 aromatic heterocycles. The molecule has 1 atom stereocenters. The fourth-order valence-electron chi connectivity index (χ4n) is 1.68. The predicted molar refractivity (Wildman–Crippen MR) is 80.5 cm³/mol. The standard InChI is InChI=1S/C13H19NO4S2/c1-10-3-5-12(6-4-10)20(17,18)14-11(7-8-19-2)9-13(15)16/h3-6,11,14H,7-9H2,1-2H3,(H,15,16). The van der Waals surface area contributed by atoms with Crippen molar-refractivity contribution >= 4 is 27.8 Å². The summed E-state index contributed by atoms with van der Waals surface area (Å²) >= 11 is 1.55. The van der Waals surface area contributed by atoms with Crippen LogP contribution < -0.4 is 4.72 Å². The molecule has 1 rings (SSSR count). The Kier molecular flexibility index (Phi) is 6.51. The lowest BCUT2D eigenvalue weighted by atomic mass is 10.2. The number of aryl methyl sites for hydroxylation is 1. The summed E-state index contributed by atoms with van der Waals surface area (Å²) in [4.78, 5) is 11.0. The maximum Gasteiger partial charge on any atom is 0.304 e. The highest BCUT2D eigenvalue weighted by Crippen LogP contribution is 2.13. The molecule has 7 heteroatoms. The first kappa shape index (κ1) is 17.0. The van der Waals surface area contributed by atoms with Gasteiger partial charge in [-0.3, -0.25) is 4.79 Å². The Morgan fingerprint density at radius 2 is 1.95 bits per heavy atom. The maximum atomic E-state index is 12.2. The van der Waals surface area contributed by atoms with Crippen LogP contribution in [0, 0.1) is 6.92 Å². The van der Waals surface area contributed by atoms with Crippen LogP contribution in [0.2, 0.25) is 0 Å². The van der Waals surface area contributed by atoms with E-state index in [1.807, 2.05) is 13.2 Å². The molecule has 1 aromatic carbocycles. The molecule has 0 bridgehead atoms. The summed E-state index contributed by atoms with van der Waals surface area (Å²) in [5, 5.41) is 8.85. The molecule has 0 aliphatic heterocycles. The molecule has 2 N–H and O–H groups in total. The van der Waals surface area contributed by atoms with Crippen molar-refractivity contribution in [3.05, 3.63) is 29.8 Å². The minimum absolute atomic E-state index is 0.155. The first-order valence-corrected chi connectivity index (χ1v) is 9.02. The molecule has 0 fully saturated rings. The van der Waals surface area contributed by atoms with Gasteiger partial charge >= 0.3 is 5.97 Å². The monoisotopic (exact) mass is 317 g/mol. The van der Waals surface area contributed by atoms with Crippen LogP contribution in [0.15, 0.2) is 29.2 Å². The number of nitrogens with one attached hydrogen (secondary N) is 1. The summed E-state index contributed by atoms with van der Waals surface area (Å²) < 4.78 is 26.8. The number of rotatable bonds is 8. The van der Waals surface area contributed by atoms with Crippen molar-refractivity contribution in [2.45, 2.75) is 30.7 Å². The number of sulfonamides is 1. The van der Waals surface area contributed by atoms with E-state index in [9.17, 15) is 13.2 Å². The van der Waals surface area contributed by atoms with E-state index in [0.717, 1.165) is 5.56 Å². The van der Waals surface area contributed by atoms with Gasteiger partial charge in [0.2, 0.25) is 10.0 Å². The number of hydrogen-bond donors (Lipinski definition) is 2. The Hall–Kier alpha value is -1.05. The highest BCUT2D eigenvalue weighted by Gasteiger charge is 2.21. The van der Waals surface area contributed by atoms with E-state index in [0.29, 0.717) is 12.2 Å². The lowest BCUT2D eigenvalue weighted by molar-refractivity contribution is -0.137. The van der Waals surface area contributed by atoms with Crippen molar-refractivity contribution in [2.75, 3.05) is 12.0 Å². The Balaban J connectivity index is 2.84. The Bertz CT molecular complexity index is 540. The Morgan fingerprint density at radius 1 is 1.35 bits per heavy atom. The van der Waals surface area contributed by atoms with Crippen molar-refractivity contribution in [1.82, 2.24) is 4.72 Å². The molecule has 0 saturated carbocycles. The molecule has 0 aliphatic carbocycles. The van der Waals surface area contributed by atoms with E-state index in [2.05, 4.69) is 4.72 Å². The van der Waals surface area contributed by atoms with E-state index in [1.165, 1.54) is 12.1 Å². The summed E-state index contributed by atoms with van der Waals surface area (Å²) in [5.74, 6) is -0.309. The number of hydrogen-bond acceptors (Lipinski definition) is 4. The largest absolute Gasteiger partial charge is 0.481 e. The van der Waals surface area contributed by atoms with E-state index in [4.69, 9.17) is 5.11 Å². The van der Waals surface area contributed by atoms with Gasteiger partial charge in [0.15, 0.2) is 0 Å². The van der Waals surface area contributed by atoms with Crippen molar-refractivity contribution < 1.29 is 18.3 Å². The number of thioether (sulfide) groups is 1. The lowest BCUT2D eigenvalue weighted by Gasteiger charge is -2.16. The van der Waals surface area contributed by atoms with Gasteiger partial charge in [0.25, 0.3) is 0 Å². The van der Waals surface area contributed by atoms with Gasteiger partial charge in [-0.2, -0.15) is 11.8 Å². The molecule has 1 aromatic rings. The molecular formula is C13H19NO4S2. The van der Waals surface area contributed by atoms with Crippen LogP contribution in [0.25, 0.3) is 0 Å². The quantitative estimate of drug-likeness (QED) is 0.765. The van der Waals surface area contributed by atoms with Crippen LogP contribution in [0.5, 0.6) is 0 Å². The van der Waals surface area contributed by atoms with Crippen molar-refractivity contribution in [1.29, 1.82) is 0 Å². The van der Waals surface area contributed by atoms with E-state index < -0.39 is 22.0 Å². The van der Waals surface area contributed by atoms with Crippen LogP contribution in [0.4, 0.5) is 0 Å². The summed E-state index contributed by atoms with van der Waals surface area (Å²) in [6, 6.07) is 5.87. The molecule has 5 nitrogen and oxygen atoms in total. The van der Waals surface area contributed by atoms with E-state index in [-0.39, 0.29) is 11.3 Å². The van der Waals surface area contributed by atoms with Gasteiger partial charge in [0, 0.05) is 6.04 Å². The lowest BCUT2D eigenvalue weighted by Crippen LogP contribution is -2.36. The zero-order valence-electron chi connectivity index (χ0n) is 11.5. The third-order valence-electron chi connectivity index (χ3n) is 2.74. The van der Waals surface area contributed by atoms with Gasteiger partial charge in [-0.05, 0) is 37.5 Å². The highest BCUT2D eigenvalue weighted by molar-refractivity contribution is 7.98. The topological polar surface area (TPSA) is 83.5 Å². The number of carbonyl (C=O) groups is 1. The highest BCUT2D eigenvalue weighted by atomic mass is 32.2. The second-order valence-corrected chi connectivity index (χ2v) is 7.21. The number of aliphatic carboxylic acids is 1. The SMILES string of the molecule is CSCCC(CC(=O)O)NS(=O)(=O)c1ccc(C)cc1. The van der Waals surface area contributed by atoms with Gasteiger partial charge in [-0.25, -0.2) is 13.1 Å². The molecule has 0 heterocycles. The van der Waals surface area contributed by atoms with Gasteiger partial charge in [-0.15, -0.1) is 0 Å². The molecule has 0 amide bonds. The van der Waals surface area contributed by atoms with Crippen LogP contribution in [0.1, 0.15) is 18.4 Å². The van der Waals surface area contributed by atoms with Crippen LogP contribution in [0.3, 0.4) is 0 Å². The zero-order valence-corrected chi connectivity index (χ0v) is 13.1. The van der Waals surface area contributed by atoms with Crippen molar-refractivity contribution in [3.63, 3.8) is 0 Å². The van der Waals surface area contributed by atoms with Gasteiger partial charge in [0.05, 0.1) is 11.3 Å². The smallest absolute Gasteiger partial charge is 0.304 e. The minimum Gasteiger partial charge on any atom is -0.481 e. The minimum atomic E-state index is -3.67. The molecule has 20 heavy (non-hydrogen) atoms. The second-order valence-electron chi connectivity index (χ2n) is 4.51. The number of benzene rings is 1. The average Bonchev–Trinajstić information content (AvgIpc) is 2.35. The summed E-state index contributed by atoms with van der Waals surface area (Å²) in [6.45, 7) is 1.87. The maximum absolute atomic E-state index is 12.2. The molecule has 112 valence electrons. The molecular weight excluding hydrogens is 298 g/mol. The summed E-state index contributed by atoms with van der Waals surface area (Å²) in [7, 11) is -3.67. The Morgan fingerprint density at radius 3 is 2.45 bits per heavy atom. The van der Waals surface area contributed by atoms with Gasteiger partial charge in [-0.1, -0.05) is 17.7 Å². The van der Waals surface area contributed by atoms with Gasteiger partial charge in [0.1, 0.15) is 0 Å². The third kappa shape index (κ3) is 5.52. The van der Waals surface area contributed by atoms with E-state index >= 15 is 0 Å². The fourth-order valence-corrected chi connectivity index (χ4v) is 3.47. The van der Waals surface area contributed by atoms with Crippen LogP contribution >= 0.6 is 11.8 Å². The predicted octanol–water partition coefficient (Wildman–Crippen LogP) is 1.87. The number of carboxylic acids is 1. The van der Waals surface area contributed by atoms with Crippen molar-refractivity contribution in [2.24, 2.45) is 0 Å². The van der Waals surface area contributed by atoms with Crippen LogP contribution in [-0.4, -0.2) is 37.5 Å². The average molecular weight is 317 g/mol. The normalized spacial score (nSPS) is 13.1. The molecule has 0 spiro atoms. The molecule has 0 saturated heterocycles. The molecule has 0 radical (unpaired) electrons. The van der Waals surface area contributed by atoms with Crippen molar-refractivity contribution in [3.8, 4) is 0 Å². The first-order chi connectivity index (χ1) is 9.35.